The maximum atomic E-state index is 12.1. The summed E-state index contributed by atoms with van der Waals surface area (Å²) in [4.78, 5) is 22.2. The second-order valence-electron chi connectivity index (χ2n) is 4.95. The Hall–Kier alpha value is -1.99. The lowest BCUT2D eigenvalue weighted by molar-refractivity contribution is 0.0883. The third kappa shape index (κ3) is 3.37. The summed E-state index contributed by atoms with van der Waals surface area (Å²) >= 11 is 1.38. The monoisotopic (exact) mass is 304 g/mol. The number of rotatable bonds is 2. The van der Waals surface area contributed by atoms with Gasteiger partial charge in [0, 0.05) is 36.4 Å². The first kappa shape index (κ1) is 14.0. The van der Waals surface area contributed by atoms with E-state index >= 15 is 0 Å². The first-order valence-electron chi connectivity index (χ1n) is 6.82. The van der Waals surface area contributed by atoms with Gasteiger partial charge in [0.2, 0.25) is 0 Å². The van der Waals surface area contributed by atoms with Gasteiger partial charge in [-0.1, -0.05) is 0 Å². The number of hydrogen-bond donors (Lipinski definition) is 2. The molecule has 0 bridgehead atoms. The molecule has 1 fully saturated rings. The molecule has 1 saturated heterocycles. The van der Waals surface area contributed by atoms with Crippen molar-refractivity contribution in [3.63, 3.8) is 0 Å². The van der Waals surface area contributed by atoms with Crippen molar-refractivity contribution in [3.05, 3.63) is 29.9 Å². The standard InChI is InChI=1S/C14H16N4O2S/c19-11-4-2-6-18(8-11)14(20)17-13-16-12(9-21-13)10-3-1-5-15-7-10/h1,3,5,7,9,11,19H,2,4,6,8H2,(H,16,17,20). The Morgan fingerprint density at radius 3 is 3.19 bits per heavy atom. The van der Waals surface area contributed by atoms with E-state index < -0.39 is 6.10 Å². The van der Waals surface area contributed by atoms with E-state index in [9.17, 15) is 9.90 Å². The highest BCUT2D eigenvalue weighted by atomic mass is 32.1. The molecule has 2 N–H and O–H groups in total. The predicted molar refractivity (Wildman–Crippen MR) is 81.2 cm³/mol. The molecule has 3 heterocycles. The van der Waals surface area contributed by atoms with Crippen LogP contribution in [-0.2, 0) is 0 Å². The minimum absolute atomic E-state index is 0.208. The van der Waals surface area contributed by atoms with Gasteiger partial charge in [-0.3, -0.25) is 10.3 Å². The molecule has 0 spiro atoms. The highest BCUT2D eigenvalue weighted by molar-refractivity contribution is 7.14. The van der Waals surface area contributed by atoms with Crippen molar-refractivity contribution >= 4 is 22.5 Å². The molecule has 2 amide bonds. The summed E-state index contributed by atoms with van der Waals surface area (Å²) in [7, 11) is 0. The quantitative estimate of drug-likeness (QED) is 0.891. The molecule has 2 aromatic rings. The maximum Gasteiger partial charge on any atom is 0.323 e. The molecule has 0 aromatic carbocycles. The Morgan fingerprint density at radius 2 is 2.43 bits per heavy atom. The van der Waals surface area contributed by atoms with Crippen LogP contribution in [-0.4, -0.2) is 45.2 Å². The number of hydrogen-bond acceptors (Lipinski definition) is 5. The van der Waals surface area contributed by atoms with Crippen LogP contribution in [0.5, 0.6) is 0 Å². The second-order valence-corrected chi connectivity index (χ2v) is 5.81. The van der Waals surface area contributed by atoms with Gasteiger partial charge in [0.15, 0.2) is 5.13 Å². The molecule has 1 aliphatic heterocycles. The molecule has 0 saturated carbocycles. The Bertz CT molecular complexity index is 616. The van der Waals surface area contributed by atoms with E-state index in [-0.39, 0.29) is 6.03 Å². The van der Waals surface area contributed by atoms with Crippen molar-refractivity contribution in [1.82, 2.24) is 14.9 Å². The SMILES string of the molecule is O=C(Nc1nc(-c2cccnc2)cs1)N1CCCC(O)C1. The first-order chi connectivity index (χ1) is 10.2. The van der Waals surface area contributed by atoms with Crippen molar-refractivity contribution < 1.29 is 9.90 Å². The fourth-order valence-electron chi connectivity index (χ4n) is 2.29. The van der Waals surface area contributed by atoms with Crippen molar-refractivity contribution in [2.24, 2.45) is 0 Å². The van der Waals surface area contributed by atoms with Crippen LogP contribution in [0.25, 0.3) is 11.3 Å². The lowest BCUT2D eigenvalue weighted by atomic mass is 10.1. The summed E-state index contributed by atoms with van der Waals surface area (Å²) in [5.74, 6) is 0. The maximum absolute atomic E-state index is 12.1. The summed E-state index contributed by atoms with van der Waals surface area (Å²) in [6.45, 7) is 1.05. The number of likely N-dealkylation sites (tertiary alicyclic amines) is 1. The molecule has 2 aromatic heterocycles. The Balaban J connectivity index is 1.66. The summed E-state index contributed by atoms with van der Waals surface area (Å²) in [6.07, 6.45) is 4.60. The van der Waals surface area contributed by atoms with Crippen LogP contribution < -0.4 is 5.32 Å². The number of thiazole rings is 1. The molecule has 0 radical (unpaired) electrons. The van der Waals surface area contributed by atoms with E-state index in [1.165, 1.54) is 11.3 Å². The van der Waals surface area contributed by atoms with Gasteiger partial charge >= 0.3 is 6.03 Å². The number of piperidine rings is 1. The van der Waals surface area contributed by atoms with E-state index in [4.69, 9.17) is 0 Å². The van der Waals surface area contributed by atoms with Crippen LogP contribution in [0.15, 0.2) is 29.9 Å². The van der Waals surface area contributed by atoms with Gasteiger partial charge in [-0.2, -0.15) is 0 Å². The smallest absolute Gasteiger partial charge is 0.323 e. The minimum atomic E-state index is -0.424. The lowest BCUT2D eigenvalue weighted by Gasteiger charge is -2.29. The summed E-state index contributed by atoms with van der Waals surface area (Å²) in [5, 5.41) is 14.8. The third-order valence-corrected chi connectivity index (χ3v) is 4.12. The largest absolute Gasteiger partial charge is 0.391 e. The van der Waals surface area contributed by atoms with E-state index in [0.29, 0.717) is 18.2 Å². The van der Waals surface area contributed by atoms with E-state index in [1.54, 1.807) is 17.3 Å². The molecule has 3 rings (SSSR count). The van der Waals surface area contributed by atoms with Crippen LogP contribution in [0.1, 0.15) is 12.8 Å². The average Bonchev–Trinajstić information content (AvgIpc) is 2.97. The number of nitrogens with one attached hydrogen (secondary N) is 1. The number of aliphatic hydroxyl groups is 1. The molecule has 110 valence electrons. The van der Waals surface area contributed by atoms with Crippen molar-refractivity contribution in [2.45, 2.75) is 18.9 Å². The van der Waals surface area contributed by atoms with Gasteiger partial charge in [-0.25, -0.2) is 9.78 Å². The van der Waals surface area contributed by atoms with Crippen LogP contribution in [0, 0.1) is 0 Å². The number of pyridine rings is 1. The zero-order valence-corrected chi connectivity index (χ0v) is 12.2. The van der Waals surface area contributed by atoms with Gasteiger partial charge in [0.25, 0.3) is 0 Å². The summed E-state index contributed by atoms with van der Waals surface area (Å²) in [5.41, 5.74) is 1.71. The van der Waals surface area contributed by atoms with Crippen LogP contribution >= 0.6 is 11.3 Å². The molecule has 6 nitrogen and oxygen atoms in total. The zero-order chi connectivity index (χ0) is 14.7. The Kier molecular flexibility index (Phi) is 4.12. The molecule has 1 aliphatic rings. The number of amides is 2. The van der Waals surface area contributed by atoms with E-state index in [2.05, 4.69) is 15.3 Å². The summed E-state index contributed by atoms with van der Waals surface area (Å²) < 4.78 is 0. The van der Waals surface area contributed by atoms with Gasteiger partial charge in [0.1, 0.15) is 0 Å². The molecule has 1 unspecified atom stereocenters. The zero-order valence-electron chi connectivity index (χ0n) is 11.4. The number of nitrogens with zero attached hydrogens (tertiary/aromatic N) is 3. The van der Waals surface area contributed by atoms with Gasteiger partial charge < -0.3 is 10.0 Å². The third-order valence-electron chi connectivity index (χ3n) is 3.36. The van der Waals surface area contributed by atoms with Crippen molar-refractivity contribution in [1.29, 1.82) is 0 Å². The number of aromatic nitrogens is 2. The Labute approximate surface area is 126 Å². The number of carbonyl (C=O) groups excluding carboxylic acids is 1. The number of aliphatic hydroxyl groups excluding tert-OH is 1. The fourth-order valence-corrected chi connectivity index (χ4v) is 3.00. The van der Waals surface area contributed by atoms with Gasteiger partial charge in [-0.05, 0) is 25.0 Å². The van der Waals surface area contributed by atoms with Gasteiger partial charge in [0.05, 0.1) is 11.8 Å². The minimum Gasteiger partial charge on any atom is -0.391 e. The number of carbonyl (C=O) groups is 1. The number of β-amino-alcohol motifs (C(OH)–C–C–N with tert-alkyl or cyclic N) is 1. The Morgan fingerprint density at radius 1 is 1.52 bits per heavy atom. The van der Waals surface area contributed by atoms with Crippen molar-refractivity contribution in [3.8, 4) is 11.3 Å². The topological polar surface area (TPSA) is 78.4 Å². The summed E-state index contributed by atoms with van der Waals surface area (Å²) in [6, 6.07) is 3.57. The normalized spacial score (nSPS) is 18.5. The van der Waals surface area contributed by atoms with E-state index in [1.807, 2.05) is 17.5 Å². The van der Waals surface area contributed by atoms with Gasteiger partial charge in [-0.15, -0.1) is 11.3 Å². The first-order valence-corrected chi connectivity index (χ1v) is 7.70. The van der Waals surface area contributed by atoms with Crippen molar-refractivity contribution in [2.75, 3.05) is 18.4 Å². The average molecular weight is 304 g/mol. The highest BCUT2D eigenvalue weighted by Crippen LogP contribution is 2.24. The lowest BCUT2D eigenvalue weighted by Crippen LogP contribution is -2.44. The molecule has 1 atom stereocenters. The van der Waals surface area contributed by atoms with Crippen LogP contribution in [0.3, 0.4) is 0 Å². The molecule has 7 heteroatoms. The van der Waals surface area contributed by atoms with E-state index in [0.717, 1.165) is 24.1 Å². The molecular weight excluding hydrogens is 288 g/mol. The fraction of sp³-hybridized carbons (Fsp3) is 0.357. The van der Waals surface area contributed by atoms with Crippen LogP contribution in [0.4, 0.5) is 9.93 Å². The molecular formula is C14H16N4O2S. The second kappa shape index (κ2) is 6.19. The molecule has 0 aliphatic carbocycles. The predicted octanol–water partition coefficient (Wildman–Crippen LogP) is 2.19. The number of anilines is 1. The number of urea groups is 1. The highest BCUT2D eigenvalue weighted by Gasteiger charge is 2.22. The molecule has 21 heavy (non-hydrogen) atoms. The van der Waals surface area contributed by atoms with Crippen LogP contribution in [0.2, 0.25) is 0 Å².